The van der Waals surface area contributed by atoms with Crippen LogP contribution < -0.4 is 4.90 Å². The lowest BCUT2D eigenvalue weighted by molar-refractivity contribution is -0.125. The third kappa shape index (κ3) is 2.35. The van der Waals surface area contributed by atoms with Crippen LogP contribution >= 0.6 is 0 Å². The van der Waals surface area contributed by atoms with Crippen molar-refractivity contribution in [3.05, 3.63) is 83.6 Å². The van der Waals surface area contributed by atoms with Crippen LogP contribution in [0.5, 0.6) is 0 Å². The summed E-state index contributed by atoms with van der Waals surface area (Å²) in [5.74, 6) is 0.0786. The van der Waals surface area contributed by atoms with Crippen LogP contribution in [0.2, 0.25) is 0 Å². The number of allylic oxidation sites excluding steroid dienone is 1. The molecular weight excluding hydrogens is 350 g/mol. The molecule has 0 saturated carbocycles. The molecule has 4 rings (SSSR count). The van der Waals surface area contributed by atoms with Crippen LogP contribution in [0.1, 0.15) is 19.4 Å². The number of aromatic nitrogens is 1. The molecule has 138 valence electrons. The molecule has 1 aliphatic heterocycles. The molecule has 5 heteroatoms. The van der Waals surface area contributed by atoms with E-state index in [1.54, 1.807) is 43.2 Å². The summed E-state index contributed by atoms with van der Waals surface area (Å²) in [6.45, 7) is 3.89. The lowest BCUT2D eigenvalue weighted by atomic mass is 9.56. The molecule has 0 spiro atoms. The Morgan fingerprint density at radius 2 is 1.79 bits per heavy atom. The Morgan fingerprint density at radius 3 is 2.43 bits per heavy atom. The largest absolute Gasteiger partial charge is 0.292 e. The van der Waals surface area contributed by atoms with E-state index in [2.05, 4.69) is 4.98 Å². The number of hydrogen-bond acceptors (Lipinski definition) is 4. The van der Waals surface area contributed by atoms with Crippen LogP contribution in [0, 0.1) is 16.7 Å². The van der Waals surface area contributed by atoms with Gasteiger partial charge in [-0.25, -0.2) is 4.98 Å². The van der Waals surface area contributed by atoms with Gasteiger partial charge in [-0.05, 0) is 43.2 Å². The zero-order valence-corrected chi connectivity index (χ0v) is 15.7. The molecule has 1 atom stereocenters. The number of ketones is 1. The number of carbonyl (C=O) groups is 2. The average Bonchev–Trinajstić information content (AvgIpc) is 2.73. The molecule has 5 nitrogen and oxygen atoms in total. The number of pyridine rings is 1. The van der Waals surface area contributed by atoms with Crippen molar-refractivity contribution in [2.75, 3.05) is 11.4 Å². The van der Waals surface area contributed by atoms with Crippen molar-refractivity contribution >= 4 is 17.5 Å². The summed E-state index contributed by atoms with van der Waals surface area (Å²) < 4.78 is 0. The van der Waals surface area contributed by atoms with Gasteiger partial charge in [-0.2, -0.15) is 5.26 Å². The van der Waals surface area contributed by atoms with E-state index in [4.69, 9.17) is 0 Å². The number of rotatable bonds is 2. The van der Waals surface area contributed by atoms with E-state index < -0.39 is 10.8 Å². The summed E-state index contributed by atoms with van der Waals surface area (Å²) in [5.41, 5.74) is -0.698. The fourth-order valence-corrected chi connectivity index (χ4v) is 4.24. The second-order valence-electron chi connectivity index (χ2n) is 7.52. The fourth-order valence-electron chi connectivity index (χ4n) is 4.24. The minimum Gasteiger partial charge on any atom is -0.292 e. The number of hydrogen-bond donors (Lipinski definition) is 0. The van der Waals surface area contributed by atoms with E-state index >= 15 is 0 Å². The lowest BCUT2D eigenvalue weighted by Gasteiger charge is -2.48. The normalized spacial score (nSPS) is 23.4. The van der Waals surface area contributed by atoms with Crippen molar-refractivity contribution in [2.45, 2.75) is 19.3 Å². The van der Waals surface area contributed by atoms with Crippen molar-refractivity contribution < 1.29 is 9.59 Å². The van der Waals surface area contributed by atoms with Gasteiger partial charge in [-0.3, -0.25) is 14.5 Å². The fraction of sp³-hybridized carbons (Fsp3) is 0.217. The van der Waals surface area contributed by atoms with Gasteiger partial charge in [-0.1, -0.05) is 42.5 Å². The van der Waals surface area contributed by atoms with Crippen LogP contribution in [0.15, 0.2) is 78.0 Å². The van der Waals surface area contributed by atoms with Gasteiger partial charge in [0, 0.05) is 12.7 Å². The molecule has 2 aliphatic rings. The second-order valence-corrected chi connectivity index (χ2v) is 7.52. The van der Waals surface area contributed by atoms with Crippen molar-refractivity contribution in [2.24, 2.45) is 5.41 Å². The first-order chi connectivity index (χ1) is 13.4. The van der Waals surface area contributed by atoms with Gasteiger partial charge >= 0.3 is 0 Å². The summed E-state index contributed by atoms with van der Waals surface area (Å²) >= 11 is 0. The first-order valence-electron chi connectivity index (χ1n) is 9.10. The van der Waals surface area contributed by atoms with Crippen LogP contribution in [0.4, 0.5) is 5.82 Å². The standard InChI is InChI=1S/C23H19N3O2/c1-22(2)18-11-13-26(19-10-6-7-12-25-19)21(28)23(18,14-16(15-24)20(22)27)17-8-4-3-5-9-17/h3-12,14H,13H2,1-2H3/t23-/m0/s1. The SMILES string of the molecule is CC1(C)C(=O)C(C#N)=C[C@@]2(c3ccccc3)C(=O)N(c3ccccn3)CC=C12. The van der Waals surface area contributed by atoms with Gasteiger partial charge in [-0.15, -0.1) is 0 Å². The van der Waals surface area contributed by atoms with Crippen LogP contribution in [-0.4, -0.2) is 23.2 Å². The van der Waals surface area contributed by atoms with E-state index in [9.17, 15) is 14.9 Å². The van der Waals surface area contributed by atoms with Gasteiger partial charge in [0.15, 0.2) is 5.78 Å². The van der Waals surface area contributed by atoms with Gasteiger partial charge in [0.2, 0.25) is 5.91 Å². The molecule has 1 aliphatic carbocycles. The summed E-state index contributed by atoms with van der Waals surface area (Å²) in [7, 11) is 0. The van der Waals surface area contributed by atoms with Crippen molar-refractivity contribution in [3.63, 3.8) is 0 Å². The van der Waals surface area contributed by atoms with E-state index in [1.807, 2.05) is 48.5 Å². The number of carbonyl (C=O) groups excluding carboxylic acids is 2. The molecule has 1 aromatic heterocycles. The van der Waals surface area contributed by atoms with Gasteiger partial charge in [0.1, 0.15) is 17.3 Å². The van der Waals surface area contributed by atoms with Crippen LogP contribution in [-0.2, 0) is 15.0 Å². The molecule has 2 heterocycles. The second kappa shape index (κ2) is 6.28. The third-order valence-electron chi connectivity index (χ3n) is 5.61. The zero-order chi connectivity index (χ0) is 19.9. The van der Waals surface area contributed by atoms with Gasteiger partial charge < -0.3 is 0 Å². The Kier molecular flexibility index (Phi) is 4.01. The molecule has 1 aromatic carbocycles. The highest BCUT2D eigenvalue weighted by atomic mass is 16.2. The molecule has 0 radical (unpaired) electrons. The van der Waals surface area contributed by atoms with E-state index in [0.717, 1.165) is 5.56 Å². The molecule has 0 N–H and O–H groups in total. The number of fused-ring (bicyclic) bond motifs is 1. The summed E-state index contributed by atoms with van der Waals surface area (Å²) in [6, 6.07) is 16.7. The molecule has 2 aromatic rings. The smallest absolute Gasteiger partial charge is 0.247 e. The Morgan fingerprint density at radius 1 is 1.07 bits per heavy atom. The number of benzene rings is 1. The minimum atomic E-state index is -1.21. The summed E-state index contributed by atoms with van der Waals surface area (Å²) in [6.07, 6.45) is 5.12. The predicted molar refractivity (Wildman–Crippen MR) is 105 cm³/mol. The first-order valence-corrected chi connectivity index (χ1v) is 9.10. The first kappa shape index (κ1) is 17.9. The van der Waals surface area contributed by atoms with E-state index in [-0.39, 0.29) is 17.3 Å². The maximum Gasteiger partial charge on any atom is 0.247 e. The maximum atomic E-state index is 13.9. The molecule has 0 bridgehead atoms. The van der Waals surface area contributed by atoms with Crippen molar-refractivity contribution in [1.29, 1.82) is 5.26 Å². The summed E-state index contributed by atoms with van der Waals surface area (Å²) in [5, 5.41) is 9.62. The van der Waals surface area contributed by atoms with Crippen LogP contribution in [0.3, 0.4) is 0 Å². The Balaban J connectivity index is 2.03. The number of nitrogens with zero attached hydrogens (tertiary/aromatic N) is 3. The highest BCUT2D eigenvalue weighted by Gasteiger charge is 2.57. The Bertz CT molecular complexity index is 1060. The minimum absolute atomic E-state index is 0.0159. The highest BCUT2D eigenvalue weighted by molar-refractivity contribution is 6.14. The van der Waals surface area contributed by atoms with E-state index in [1.165, 1.54) is 0 Å². The number of anilines is 1. The van der Waals surface area contributed by atoms with E-state index in [0.29, 0.717) is 17.9 Å². The number of amides is 1. The quantitative estimate of drug-likeness (QED) is 0.761. The molecular formula is C23H19N3O2. The Labute approximate surface area is 163 Å². The Hall–Kier alpha value is -3.52. The number of Topliss-reactive ketones (excluding diaryl/α,β-unsaturated/α-hetero) is 1. The van der Waals surface area contributed by atoms with Gasteiger partial charge in [0.25, 0.3) is 0 Å². The predicted octanol–water partition coefficient (Wildman–Crippen LogP) is 3.35. The lowest BCUT2D eigenvalue weighted by Crippen LogP contribution is -2.57. The number of nitriles is 1. The molecule has 28 heavy (non-hydrogen) atoms. The highest BCUT2D eigenvalue weighted by Crippen LogP contribution is 2.52. The molecule has 1 amide bonds. The summed E-state index contributed by atoms with van der Waals surface area (Å²) in [4.78, 5) is 32.7. The van der Waals surface area contributed by atoms with Crippen LogP contribution in [0.25, 0.3) is 0 Å². The monoisotopic (exact) mass is 369 g/mol. The molecule has 0 unspecified atom stereocenters. The topological polar surface area (TPSA) is 74.1 Å². The average molecular weight is 369 g/mol. The maximum absolute atomic E-state index is 13.9. The molecule has 0 fully saturated rings. The third-order valence-corrected chi connectivity index (χ3v) is 5.61. The van der Waals surface area contributed by atoms with Crippen molar-refractivity contribution in [1.82, 2.24) is 4.98 Å². The van der Waals surface area contributed by atoms with Crippen molar-refractivity contribution in [3.8, 4) is 6.07 Å². The zero-order valence-electron chi connectivity index (χ0n) is 15.7. The molecule has 0 saturated heterocycles. The van der Waals surface area contributed by atoms with Gasteiger partial charge in [0.05, 0.1) is 11.0 Å².